The molecule has 2 aromatic rings. The van der Waals surface area contributed by atoms with Crippen molar-refractivity contribution in [3.63, 3.8) is 0 Å². The minimum Gasteiger partial charge on any atom is -0.310 e. The van der Waals surface area contributed by atoms with Crippen LogP contribution in [0.5, 0.6) is 0 Å². The van der Waals surface area contributed by atoms with Crippen LogP contribution in [0, 0.1) is 6.92 Å². The molecule has 0 saturated carbocycles. The molecule has 0 saturated heterocycles. The maximum atomic E-state index is 3.64. The van der Waals surface area contributed by atoms with Crippen LogP contribution in [0.2, 0.25) is 0 Å². The lowest BCUT2D eigenvalue weighted by Crippen LogP contribution is -2.21. The summed E-state index contributed by atoms with van der Waals surface area (Å²) in [5, 5.41) is 3.64. The zero-order valence-corrected chi connectivity index (χ0v) is 12.8. The second kappa shape index (κ2) is 7.25. The van der Waals surface area contributed by atoms with E-state index in [9.17, 15) is 0 Å². The minimum atomic E-state index is 0.416. The number of nitrogens with one attached hydrogen (secondary N) is 1. The van der Waals surface area contributed by atoms with Gasteiger partial charge in [-0.15, -0.1) is 0 Å². The molecule has 20 heavy (non-hydrogen) atoms. The Kier molecular flexibility index (Phi) is 5.37. The third-order valence-electron chi connectivity index (χ3n) is 4.05. The molecule has 1 nitrogen and oxygen atoms in total. The van der Waals surface area contributed by atoms with Crippen LogP contribution in [-0.4, -0.2) is 6.54 Å². The maximum Gasteiger partial charge on any atom is 0.0294 e. The second-order valence-corrected chi connectivity index (χ2v) is 5.63. The van der Waals surface area contributed by atoms with Crippen molar-refractivity contribution in [2.45, 2.75) is 39.2 Å². The molecule has 1 unspecified atom stereocenters. The molecule has 0 radical (unpaired) electrons. The van der Waals surface area contributed by atoms with Gasteiger partial charge in [-0.1, -0.05) is 61.5 Å². The van der Waals surface area contributed by atoms with Crippen molar-refractivity contribution in [1.29, 1.82) is 0 Å². The van der Waals surface area contributed by atoms with Crippen LogP contribution >= 0.6 is 0 Å². The van der Waals surface area contributed by atoms with E-state index in [2.05, 4.69) is 80.7 Å². The molecular formula is C19H25N. The first-order valence-electron chi connectivity index (χ1n) is 7.52. The summed E-state index contributed by atoms with van der Waals surface area (Å²) in [5.74, 6) is 0.604. The smallest absolute Gasteiger partial charge is 0.0294 e. The van der Waals surface area contributed by atoms with Crippen LogP contribution in [0.1, 0.15) is 48.9 Å². The number of aryl methyl sites for hydroxylation is 1. The largest absolute Gasteiger partial charge is 0.310 e. The van der Waals surface area contributed by atoms with Crippen molar-refractivity contribution in [2.75, 3.05) is 6.54 Å². The molecule has 2 atom stereocenters. The molecule has 0 amide bonds. The summed E-state index contributed by atoms with van der Waals surface area (Å²) in [6.07, 6.45) is 1.17. The van der Waals surface area contributed by atoms with Gasteiger partial charge in [-0.25, -0.2) is 0 Å². The molecule has 0 aliphatic rings. The van der Waals surface area contributed by atoms with Gasteiger partial charge in [-0.05, 0) is 49.4 Å². The quantitative estimate of drug-likeness (QED) is 0.789. The average molecular weight is 267 g/mol. The monoisotopic (exact) mass is 267 g/mol. The molecule has 2 aromatic carbocycles. The van der Waals surface area contributed by atoms with Crippen LogP contribution in [0.4, 0.5) is 0 Å². The van der Waals surface area contributed by atoms with Crippen LogP contribution < -0.4 is 5.32 Å². The molecule has 0 fully saturated rings. The molecule has 0 aliphatic heterocycles. The standard InChI is InChI=1S/C19H25N/c1-15(18-10-5-4-6-11-18)13-14-20-17(3)19-12-8-7-9-16(19)2/h4-12,15,17,20H,13-14H2,1-3H3/t15?,17-/m1/s1. The lowest BCUT2D eigenvalue weighted by Gasteiger charge is -2.18. The number of benzene rings is 2. The zero-order valence-electron chi connectivity index (χ0n) is 12.8. The number of hydrogen-bond acceptors (Lipinski definition) is 1. The van der Waals surface area contributed by atoms with Crippen molar-refractivity contribution in [3.05, 3.63) is 71.3 Å². The Labute approximate surface area is 123 Å². The Morgan fingerprint density at radius 1 is 0.900 bits per heavy atom. The summed E-state index contributed by atoms with van der Waals surface area (Å²) in [6.45, 7) is 7.77. The summed E-state index contributed by atoms with van der Waals surface area (Å²) >= 11 is 0. The van der Waals surface area contributed by atoms with Gasteiger partial charge >= 0.3 is 0 Å². The number of hydrogen-bond donors (Lipinski definition) is 1. The molecule has 106 valence electrons. The topological polar surface area (TPSA) is 12.0 Å². The van der Waals surface area contributed by atoms with Gasteiger partial charge in [-0.3, -0.25) is 0 Å². The Morgan fingerprint density at radius 3 is 2.25 bits per heavy atom. The van der Waals surface area contributed by atoms with Gasteiger partial charge in [-0.2, -0.15) is 0 Å². The highest BCUT2D eigenvalue weighted by Crippen LogP contribution is 2.20. The molecule has 1 heteroatoms. The molecule has 0 aromatic heterocycles. The van der Waals surface area contributed by atoms with Crippen molar-refractivity contribution in [2.24, 2.45) is 0 Å². The highest BCUT2D eigenvalue weighted by Gasteiger charge is 2.09. The normalized spacial score (nSPS) is 13.9. The third-order valence-corrected chi connectivity index (χ3v) is 4.05. The van der Waals surface area contributed by atoms with Crippen LogP contribution in [0.15, 0.2) is 54.6 Å². The van der Waals surface area contributed by atoms with E-state index in [1.807, 2.05) is 0 Å². The first-order chi connectivity index (χ1) is 9.68. The summed E-state index contributed by atoms with van der Waals surface area (Å²) in [7, 11) is 0. The minimum absolute atomic E-state index is 0.416. The zero-order chi connectivity index (χ0) is 14.4. The van der Waals surface area contributed by atoms with Gasteiger partial charge < -0.3 is 5.32 Å². The van der Waals surface area contributed by atoms with E-state index in [1.165, 1.54) is 23.1 Å². The van der Waals surface area contributed by atoms with E-state index in [0.717, 1.165) is 6.54 Å². The lowest BCUT2D eigenvalue weighted by atomic mass is 9.97. The lowest BCUT2D eigenvalue weighted by molar-refractivity contribution is 0.530. The number of rotatable bonds is 6. The van der Waals surface area contributed by atoms with Gasteiger partial charge in [0.15, 0.2) is 0 Å². The Balaban J connectivity index is 1.83. The summed E-state index contributed by atoms with van der Waals surface area (Å²) in [6, 6.07) is 19.8. The van der Waals surface area contributed by atoms with Gasteiger partial charge in [0.1, 0.15) is 0 Å². The van der Waals surface area contributed by atoms with E-state index < -0.39 is 0 Å². The van der Waals surface area contributed by atoms with Crippen LogP contribution in [0.25, 0.3) is 0 Å². The van der Waals surface area contributed by atoms with Gasteiger partial charge in [0.2, 0.25) is 0 Å². The first-order valence-corrected chi connectivity index (χ1v) is 7.52. The van der Waals surface area contributed by atoms with Crippen molar-refractivity contribution in [3.8, 4) is 0 Å². The van der Waals surface area contributed by atoms with Crippen LogP contribution in [-0.2, 0) is 0 Å². The fourth-order valence-corrected chi connectivity index (χ4v) is 2.65. The maximum absolute atomic E-state index is 3.64. The van der Waals surface area contributed by atoms with Crippen molar-refractivity contribution >= 4 is 0 Å². The van der Waals surface area contributed by atoms with E-state index in [0.29, 0.717) is 12.0 Å². The summed E-state index contributed by atoms with van der Waals surface area (Å²) < 4.78 is 0. The van der Waals surface area contributed by atoms with E-state index in [-0.39, 0.29) is 0 Å². The third kappa shape index (κ3) is 3.94. The van der Waals surface area contributed by atoms with Crippen molar-refractivity contribution < 1.29 is 0 Å². The summed E-state index contributed by atoms with van der Waals surface area (Å²) in [4.78, 5) is 0. The predicted octanol–water partition coefficient (Wildman–Crippen LogP) is 4.84. The SMILES string of the molecule is Cc1ccccc1[C@@H](C)NCCC(C)c1ccccc1. The Bertz CT molecular complexity index is 518. The predicted molar refractivity (Wildman–Crippen MR) is 87.1 cm³/mol. The van der Waals surface area contributed by atoms with Gasteiger partial charge in [0.05, 0.1) is 0 Å². The average Bonchev–Trinajstić information content (AvgIpc) is 2.48. The van der Waals surface area contributed by atoms with E-state index in [1.54, 1.807) is 0 Å². The van der Waals surface area contributed by atoms with Crippen LogP contribution in [0.3, 0.4) is 0 Å². The molecule has 2 rings (SSSR count). The second-order valence-electron chi connectivity index (χ2n) is 5.63. The van der Waals surface area contributed by atoms with Gasteiger partial charge in [0, 0.05) is 6.04 Å². The molecule has 0 bridgehead atoms. The fourth-order valence-electron chi connectivity index (χ4n) is 2.65. The molecule has 0 spiro atoms. The van der Waals surface area contributed by atoms with E-state index >= 15 is 0 Å². The molecular weight excluding hydrogens is 242 g/mol. The highest BCUT2D eigenvalue weighted by molar-refractivity contribution is 5.28. The molecule has 1 N–H and O–H groups in total. The Morgan fingerprint density at radius 2 is 1.55 bits per heavy atom. The Hall–Kier alpha value is -1.60. The van der Waals surface area contributed by atoms with Crippen molar-refractivity contribution in [1.82, 2.24) is 5.32 Å². The van der Waals surface area contributed by atoms with Gasteiger partial charge in [0.25, 0.3) is 0 Å². The molecule has 0 aliphatic carbocycles. The first kappa shape index (κ1) is 14.8. The summed E-state index contributed by atoms with van der Waals surface area (Å²) in [5.41, 5.74) is 4.20. The molecule has 0 heterocycles. The fraction of sp³-hybridized carbons (Fsp3) is 0.368. The highest BCUT2D eigenvalue weighted by atomic mass is 14.9. The van der Waals surface area contributed by atoms with E-state index in [4.69, 9.17) is 0 Å².